The van der Waals surface area contributed by atoms with Gasteiger partial charge in [-0.15, -0.1) is 0 Å². The van der Waals surface area contributed by atoms with Crippen LogP contribution >= 0.6 is 0 Å². The summed E-state index contributed by atoms with van der Waals surface area (Å²) in [6, 6.07) is 0. The van der Waals surface area contributed by atoms with Crippen molar-refractivity contribution in [2.24, 2.45) is 23.5 Å². The molecular weight excluding hydrogens is 216 g/mol. The number of ether oxygens (including phenoxy) is 1. The van der Waals surface area contributed by atoms with Crippen molar-refractivity contribution in [3.63, 3.8) is 0 Å². The minimum atomic E-state index is 0.151. The Kier molecular flexibility index (Phi) is 4.40. The average Bonchev–Trinajstić information content (AvgIpc) is 2.94. The van der Waals surface area contributed by atoms with E-state index in [1.54, 1.807) is 0 Å². The Balaban J connectivity index is 1.77. The first-order valence-corrected chi connectivity index (χ1v) is 6.81. The predicted octanol–water partition coefficient (Wildman–Crippen LogP) is 0.903. The van der Waals surface area contributed by atoms with E-state index in [-0.39, 0.29) is 17.9 Å². The summed E-state index contributed by atoms with van der Waals surface area (Å²) in [6.07, 6.45) is 4.60. The third-order valence-corrected chi connectivity index (χ3v) is 4.37. The Morgan fingerprint density at radius 1 is 1.35 bits per heavy atom. The SMILES string of the molecule is CC1OCCC1CNC(=O)C1CCCC1CN. The molecule has 0 aromatic carbocycles. The molecule has 3 N–H and O–H groups in total. The third kappa shape index (κ3) is 2.99. The van der Waals surface area contributed by atoms with E-state index >= 15 is 0 Å². The van der Waals surface area contributed by atoms with E-state index in [4.69, 9.17) is 10.5 Å². The highest BCUT2D eigenvalue weighted by atomic mass is 16.5. The molecule has 0 bridgehead atoms. The van der Waals surface area contributed by atoms with E-state index in [0.29, 0.717) is 18.4 Å². The Morgan fingerprint density at radius 3 is 2.82 bits per heavy atom. The van der Waals surface area contributed by atoms with Gasteiger partial charge in [0.1, 0.15) is 0 Å². The van der Waals surface area contributed by atoms with Crippen LogP contribution in [0.25, 0.3) is 0 Å². The third-order valence-electron chi connectivity index (χ3n) is 4.37. The second-order valence-electron chi connectivity index (χ2n) is 5.40. The van der Waals surface area contributed by atoms with Crippen molar-refractivity contribution in [3.8, 4) is 0 Å². The molecule has 2 aliphatic rings. The van der Waals surface area contributed by atoms with Gasteiger partial charge < -0.3 is 15.8 Å². The van der Waals surface area contributed by atoms with Crippen molar-refractivity contribution >= 4 is 5.91 Å². The van der Waals surface area contributed by atoms with Crippen LogP contribution in [-0.4, -0.2) is 31.7 Å². The zero-order valence-electron chi connectivity index (χ0n) is 10.7. The summed E-state index contributed by atoms with van der Waals surface area (Å²) in [6.45, 7) is 4.31. The summed E-state index contributed by atoms with van der Waals surface area (Å²) in [5.74, 6) is 1.23. The molecule has 1 saturated heterocycles. The Morgan fingerprint density at radius 2 is 2.18 bits per heavy atom. The molecule has 1 saturated carbocycles. The van der Waals surface area contributed by atoms with Crippen LogP contribution in [0, 0.1) is 17.8 Å². The lowest BCUT2D eigenvalue weighted by Crippen LogP contribution is -2.38. The lowest BCUT2D eigenvalue weighted by Gasteiger charge is -2.20. The first-order valence-electron chi connectivity index (χ1n) is 6.81. The fourth-order valence-corrected chi connectivity index (χ4v) is 3.07. The molecule has 0 aromatic rings. The normalized spacial score (nSPS) is 37.3. The highest BCUT2D eigenvalue weighted by Gasteiger charge is 2.32. The van der Waals surface area contributed by atoms with Crippen molar-refractivity contribution in [1.82, 2.24) is 5.32 Å². The van der Waals surface area contributed by atoms with Gasteiger partial charge in [0.25, 0.3) is 0 Å². The molecule has 1 aliphatic carbocycles. The number of hydrogen-bond acceptors (Lipinski definition) is 3. The van der Waals surface area contributed by atoms with Gasteiger partial charge in [0.15, 0.2) is 0 Å². The number of amides is 1. The number of carbonyl (C=O) groups excluding carboxylic acids is 1. The van der Waals surface area contributed by atoms with Gasteiger partial charge in [-0.1, -0.05) is 6.42 Å². The summed E-state index contributed by atoms with van der Waals surface area (Å²) in [5.41, 5.74) is 5.70. The van der Waals surface area contributed by atoms with E-state index < -0.39 is 0 Å². The summed E-state index contributed by atoms with van der Waals surface area (Å²) in [7, 11) is 0. The Hall–Kier alpha value is -0.610. The minimum Gasteiger partial charge on any atom is -0.378 e. The van der Waals surface area contributed by atoms with Gasteiger partial charge in [0.05, 0.1) is 6.10 Å². The smallest absolute Gasteiger partial charge is 0.223 e. The lowest BCUT2D eigenvalue weighted by molar-refractivity contribution is -0.126. The van der Waals surface area contributed by atoms with E-state index in [9.17, 15) is 4.79 Å². The van der Waals surface area contributed by atoms with Gasteiger partial charge in [0, 0.05) is 25.0 Å². The molecule has 1 heterocycles. The number of carbonyl (C=O) groups is 1. The average molecular weight is 240 g/mol. The zero-order chi connectivity index (χ0) is 12.3. The van der Waals surface area contributed by atoms with Crippen molar-refractivity contribution in [1.29, 1.82) is 0 Å². The lowest BCUT2D eigenvalue weighted by atomic mass is 9.95. The van der Waals surface area contributed by atoms with E-state index in [1.165, 1.54) is 0 Å². The molecule has 1 amide bonds. The molecule has 4 unspecified atom stereocenters. The predicted molar refractivity (Wildman–Crippen MR) is 66.4 cm³/mol. The molecule has 0 aromatic heterocycles. The Bertz CT molecular complexity index is 270. The molecule has 4 nitrogen and oxygen atoms in total. The van der Waals surface area contributed by atoms with Crippen LogP contribution in [0.3, 0.4) is 0 Å². The highest BCUT2D eigenvalue weighted by Crippen LogP contribution is 2.31. The monoisotopic (exact) mass is 240 g/mol. The number of nitrogens with one attached hydrogen (secondary N) is 1. The van der Waals surface area contributed by atoms with Crippen LogP contribution in [0.5, 0.6) is 0 Å². The standard InChI is InChI=1S/C13H24N2O2/c1-9-11(5-6-17-9)8-15-13(16)12-4-2-3-10(12)7-14/h9-12H,2-8,14H2,1H3,(H,15,16). The van der Waals surface area contributed by atoms with Crippen LogP contribution in [0.2, 0.25) is 0 Å². The maximum atomic E-state index is 12.1. The second kappa shape index (κ2) is 5.83. The molecule has 4 atom stereocenters. The van der Waals surface area contributed by atoms with Gasteiger partial charge in [-0.05, 0) is 38.6 Å². The first kappa shape index (κ1) is 12.8. The van der Waals surface area contributed by atoms with Crippen LogP contribution in [0.1, 0.15) is 32.6 Å². The fraction of sp³-hybridized carbons (Fsp3) is 0.923. The quantitative estimate of drug-likeness (QED) is 0.767. The molecule has 4 heteroatoms. The number of hydrogen-bond donors (Lipinski definition) is 2. The summed E-state index contributed by atoms with van der Waals surface area (Å²) in [4.78, 5) is 12.1. The van der Waals surface area contributed by atoms with Crippen molar-refractivity contribution < 1.29 is 9.53 Å². The van der Waals surface area contributed by atoms with Gasteiger partial charge in [-0.3, -0.25) is 4.79 Å². The Labute approximate surface area is 103 Å². The number of rotatable bonds is 4. The maximum absolute atomic E-state index is 12.1. The highest BCUT2D eigenvalue weighted by molar-refractivity contribution is 5.79. The fourth-order valence-electron chi connectivity index (χ4n) is 3.07. The van der Waals surface area contributed by atoms with Gasteiger partial charge in [0.2, 0.25) is 5.91 Å². The van der Waals surface area contributed by atoms with Crippen molar-refractivity contribution in [2.75, 3.05) is 19.7 Å². The molecule has 2 fully saturated rings. The summed E-state index contributed by atoms with van der Waals surface area (Å²) in [5, 5.41) is 3.09. The summed E-state index contributed by atoms with van der Waals surface area (Å²) < 4.78 is 5.49. The van der Waals surface area contributed by atoms with Gasteiger partial charge >= 0.3 is 0 Å². The van der Waals surface area contributed by atoms with Crippen LogP contribution < -0.4 is 11.1 Å². The summed E-state index contributed by atoms with van der Waals surface area (Å²) >= 11 is 0. The molecular formula is C13H24N2O2. The van der Waals surface area contributed by atoms with E-state index in [0.717, 1.165) is 38.8 Å². The molecule has 2 rings (SSSR count). The zero-order valence-corrected chi connectivity index (χ0v) is 10.7. The second-order valence-corrected chi connectivity index (χ2v) is 5.40. The van der Waals surface area contributed by atoms with Crippen LogP contribution in [0.15, 0.2) is 0 Å². The maximum Gasteiger partial charge on any atom is 0.223 e. The van der Waals surface area contributed by atoms with Crippen LogP contribution in [0.4, 0.5) is 0 Å². The number of nitrogens with two attached hydrogens (primary N) is 1. The van der Waals surface area contributed by atoms with E-state index in [2.05, 4.69) is 12.2 Å². The van der Waals surface area contributed by atoms with Gasteiger partial charge in [-0.2, -0.15) is 0 Å². The topological polar surface area (TPSA) is 64.3 Å². The largest absolute Gasteiger partial charge is 0.378 e. The molecule has 0 radical (unpaired) electrons. The van der Waals surface area contributed by atoms with Gasteiger partial charge in [-0.25, -0.2) is 0 Å². The molecule has 1 aliphatic heterocycles. The minimum absolute atomic E-state index is 0.151. The van der Waals surface area contributed by atoms with Crippen molar-refractivity contribution in [3.05, 3.63) is 0 Å². The van der Waals surface area contributed by atoms with E-state index in [1.807, 2.05) is 0 Å². The first-order chi connectivity index (χ1) is 8.22. The molecule has 0 spiro atoms. The van der Waals surface area contributed by atoms with Crippen molar-refractivity contribution in [2.45, 2.75) is 38.7 Å². The molecule has 98 valence electrons. The molecule has 17 heavy (non-hydrogen) atoms. The van der Waals surface area contributed by atoms with Crippen LogP contribution in [-0.2, 0) is 9.53 Å².